The van der Waals surface area contributed by atoms with Crippen LogP contribution in [0, 0.1) is 0 Å². The highest BCUT2D eigenvalue weighted by Gasteiger charge is 2.21. The lowest BCUT2D eigenvalue weighted by molar-refractivity contribution is -0.132. The lowest BCUT2D eigenvalue weighted by atomic mass is 10.2. The molecule has 9 heteroatoms. The van der Waals surface area contributed by atoms with Gasteiger partial charge in [0.15, 0.2) is 0 Å². The molecule has 0 aliphatic carbocycles. The van der Waals surface area contributed by atoms with Gasteiger partial charge in [-0.3, -0.25) is 9.59 Å². The van der Waals surface area contributed by atoms with Gasteiger partial charge in [-0.25, -0.2) is 0 Å². The van der Waals surface area contributed by atoms with Crippen LogP contribution in [0.15, 0.2) is 24.3 Å². The number of nitrogens with two attached hydrogens (primary N) is 1. The largest absolute Gasteiger partial charge is 0.368 e. The second-order valence-electron chi connectivity index (χ2n) is 4.83. The number of rotatable bonds is 4. The molecule has 1 saturated heterocycles. The Hall–Kier alpha value is -1.21. The van der Waals surface area contributed by atoms with E-state index in [1.807, 2.05) is 24.3 Å². The van der Waals surface area contributed by atoms with E-state index >= 15 is 0 Å². The Morgan fingerprint density at radius 3 is 2.17 bits per heavy atom. The van der Waals surface area contributed by atoms with Crippen molar-refractivity contribution in [3.05, 3.63) is 29.3 Å². The molecule has 1 fully saturated rings. The van der Waals surface area contributed by atoms with Gasteiger partial charge in [0.2, 0.25) is 11.8 Å². The zero-order chi connectivity index (χ0) is 15.2. The summed E-state index contributed by atoms with van der Waals surface area (Å²) in [6, 6.07) is 7.66. The van der Waals surface area contributed by atoms with Gasteiger partial charge in [0.1, 0.15) is 0 Å². The first kappa shape index (κ1) is 21.8. The van der Waals surface area contributed by atoms with Crippen LogP contribution >= 0.6 is 36.4 Å². The van der Waals surface area contributed by atoms with Gasteiger partial charge in [0.05, 0.1) is 13.1 Å². The van der Waals surface area contributed by atoms with Crippen LogP contribution in [0.2, 0.25) is 5.02 Å². The molecule has 23 heavy (non-hydrogen) atoms. The van der Waals surface area contributed by atoms with Gasteiger partial charge >= 0.3 is 0 Å². The molecule has 1 heterocycles. The molecular formula is C14H21Cl3N4O2. The van der Waals surface area contributed by atoms with Gasteiger partial charge in [0, 0.05) is 36.9 Å². The molecule has 130 valence electrons. The molecule has 3 N–H and O–H groups in total. The molecule has 0 bridgehead atoms. The first-order chi connectivity index (χ1) is 10.1. The molecule has 2 amide bonds. The van der Waals surface area contributed by atoms with E-state index in [-0.39, 0.29) is 49.7 Å². The van der Waals surface area contributed by atoms with Crippen LogP contribution in [0.1, 0.15) is 0 Å². The number of hydrogen-bond acceptors (Lipinski definition) is 4. The summed E-state index contributed by atoms with van der Waals surface area (Å²) in [6.45, 7) is 2.71. The molecule has 2 rings (SSSR count). The molecule has 1 aromatic rings. The zero-order valence-electron chi connectivity index (χ0n) is 12.5. The van der Waals surface area contributed by atoms with E-state index in [0.717, 1.165) is 18.8 Å². The van der Waals surface area contributed by atoms with E-state index < -0.39 is 0 Å². The van der Waals surface area contributed by atoms with Crippen molar-refractivity contribution >= 4 is 53.9 Å². The fraction of sp³-hybridized carbons (Fsp3) is 0.429. The predicted molar refractivity (Wildman–Crippen MR) is 96.8 cm³/mol. The van der Waals surface area contributed by atoms with E-state index in [4.69, 9.17) is 17.3 Å². The van der Waals surface area contributed by atoms with Gasteiger partial charge in [-0.1, -0.05) is 11.6 Å². The maximum absolute atomic E-state index is 11.9. The molecule has 0 spiro atoms. The number of carbonyl (C=O) groups excluding carboxylic acids is 2. The number of anilines is 1. The Balaban J connectivity index is 0.00000242. The predicted octanol–water partition coefficient (Wildman–Crippen LogP) is 0.907. The molecule has 0 atom stereocenters. The maximum Gasteiger partial charge on any atom is 0.242 e. The van der Waals surface area contributed by atoms with E-state index in [9.17, 15) is 9.59 Å². The third-order valence-electron chi connectivity index (χ3n) is 3.45. The highest BCUT2D eigenvalue weighted by molar-refractivity contribution is 6.30. The average Bonchev–Trinajstić information content (AvgIpc) is 2.53. The highest BCUT2D eigenvalue weighted by atomic mass is 35.5. The summed E-state index contributed by atoms with van der Waals surface area (Å²) >= 11 is 5.87. The third kappa shape index (κ3) is 6.43. The summed E-state index contributed by atoms with van der Waals surface area (Å²) in [7, 11) is 0. The van der Waals surface area contributed by atoms with Crippen molar-refractivity contribution in [3.63, 3.8) is 0 Å². The Bertz CT molecular complexity index is 505. The Kier molecular flexibility index (Phi) is 9.99. The summed E-state index contributed by atoms with van der Waals surface area (Å²) < 4.78 is 0. The maximum atomic E-state index is 11.9. The van der Waals surface area contributed by atoms with Crippen LogP contribution in [0.25, 0.3) is 0 Å². The minimum absolute atomic E-state index is 0. The summed E-state index contributed by atoms with van der Waals surface area (Å²) in [6.07, 6.45) is 0. The highest BCUT2D eigenvalue weighted by Crippen LogP contribution is 2.19. The molecule has 0 aromatic heterocycles. The topological polar surface area (TPSA) is 78.7 Å². The van der Waals surface area contributed by atoms with Crippen LogP contribution in [-0.4, -0.2) is 56.0 Å². The number of nitrogens with one attached hydrogen (secondary N) is 1. The molecule has 0 unspecified atom stereocenters. The number of benzene rings is 1. The normalized spacial score (nSPS) is 13.7. The van der Waals surface area contributed by atoms with E-state index in [0.29, 0.717) is 18.1 Å². The summed E-state index contributed by atoms with van der Waals surface area (Å²) in [4.78, 5) is 26.9. The number of carbonyl (C=O) groups is 2. The lowest BCUT2D eigenvalue weighted by Crippen LogP contribution is -2.51. The molecule has 1 aromatic carbocycles. The third-order valence-corrected chi connectivity index (χ3v) is 3.70. The molecule has 0 saturated carbocycles. The minimum atomic E-state index is -0.317. The van der Waals surface area contributed by atoms with E-state index in [1.165, 1.54) is 0 Å². The smallest absolute Gasteiger partial charge is 0.242 e. The Morgan fingerprint density at radius 2 is 1.65 bits per heavy atom. The Labute approximate surface area is 153 Å². The first-order valence-corrected chi connectivity index (χ1v) is 7.23. The van der Waals surface area contributed by atoms with Crippen molar-refractivity contribution in [1.82, 2.24) is 10.2 Å². The average molecular weight is 384 g/mol. The molecule has 1 aliphatic heterocycles. The van der Waals surface area contributed by atoms with E-state index in [1.54, 1.807) is 4.90 Å². The number of nitrogens with zero attached hydrogens (tertiary/aromatic N) is 2. The van der Waals surface area contributed by atoms with Crippen molar-refractivity contribution in [2.75, 3.05) is 44.2 Å². The van der Waals surface area contributed by atoms with Crippen molar-refractivity contribution in [2.24, 2.45) is 5.73 Å². The zero-order valence-corrected chi connectivity index (χ0v) is 14.9. The monoisotopic (exact) mass is 382 g/mol. The van der Waals surface area contributed by atoms with Crippen molar-refractivity contribution < 1.29 is 9.59 Å². The van der Waals surface area contributed by atoms with Gasteiger partial charge in [-0.05, 0) is 24.3 Å². The quantitative estimate of drug-likeness (QED) is 0.810. The second kappa shape index (κ2) is 10.5. The van der Waals surface area contributed by atoms with Gasteiger partial charge in [-0.2, -0.15) is 0 Å². The van der Waals surface area contributed by atoms with Crippen molar-refractivity contribution in [3.8, 4) is 0 Å². The minimum Gasteiger partial charge on any atom is -0.368 e. The van der Waals surface area contributed by atoms with Crippen LogP contribution in [0.4, 0.5) is 5.69 Å². The van der Waals surface area contributed by atoms with Crippen LogP contribution < -0.4 is 16.0 Å². The number of amides is 2. The number of piperazine rings is 1. The summed E-state index contributed by atoms with van der Waals surface area (Å²) in [5.74, 6) is -0.393. The van der Waals surface area contributed by atoms with Crippen LogP contribution in [0.3, 0.4) is 0 Å². The van der Waals surface area contributed by atoms with Crippen LogP contribution in [0.5, 0.6) is 0 Å². The molecule has 0 radical (unpaired) electrons. The second-order valence-corrected chi connectivity index (χ2v) is 5.26. The van der Waals surface area contributed by atoms with Gasteiger partial charge in [0.25, 0.3) is 0 Å². The first-order valence-electron chi connectivity index (χ1n) is 6.85. The molecule has 1 aliphatic rings. The molecular weight excluding hydrogens is 363 g/mol. The number of hydrogen-bond donors (Lipinski definition) is 2. The standard InChI is InChI=1S/C14H19ClN4O2.2ClH/c15-11-1-3-12(4-2-11)18-5-7-19(8-6-18)14(21)10-17-13(20)9-16;;/h1-4H,5-10,16H2,(H,17,20);2*1H. The SMILES string of the molecule is Cl.Cl.NCC(=O)NCC(=O)N1CCN(c2ccc(Cl)cc2)CC1. The fourth-order valence-corrected chi connectivity index (χ4v) is 2.35. The van der Waals surface area contributed by atoms with Gasteiger partial charge in [-0.15, -0.1) is 24.8 Å². The van der Waals surface area contributed by atoms with Crippen molar-refractivity contribution in [1.29, 1.82) is 0 Å². The molecule has 6 nitrogen and oxygen atoms in total. The summed E-state index contributed by atoms with van der Waals surface area (Å²) in [5.41, 5.74) is 6.28. The van der Waals surface area contributed by atoms with Crippen LogP contribution in [-0.2, 0) is 9.59 Å². The number of halogens is 3. The fourth-order valence-electron chi connectivity index (χ4n) is 2.22. The summed E-state index contributed by atoms with van der Waals surface area (Å²) in [5, 5.41) is 3.21. The Morgan fingerprint density at radius 1 is 1.09 bits per heavy atom. The van der Waals surface area contributed by atoms with Gasteiger partial charge < -0.3 is 20.9 Å². The van der Waals surface area contributed by atoms with Crippen molar-refractivity contribution in [2.45, 2.75) is 0 Å². The van der Waals surface area contributed by atoms with E-state index in [2.05, 4.69) is 10.2 Å². The lowest BCUT2D eigenvalue weighted by Gasteiger charge is -2.36.